The minimum atomic E-state index is -0.544. The summed E-state index contributed by atoms with van der Waals surface area (Å²) in [6.45, 7) is 2.94. The predicted molar refractivity (Wildman–Crippen MR) is 76.9 cm³/mol. The van der Waals surface area contributed by atoms with Crippen LogP contribution in [0.2, 0.25) is 5.02 Å². The number of rotatable bonds is 5. The van der Waals surface area contributed by atoms with Crippen molar-refractivity contribution in [2.75, 3.05) is 18.5 Å². The highest BCUT2D eigenvalue weighted by Crippen LogP contribution is 2.14. The first kappa shape index (κ1) is 15.2. The highest BCUT2D eigenvalue weighted by Gasteiger charge is 2.19. The molecule has 1 aromatic rings. The number of hydrogen-bond acceptors (Lipinski definition) is 4. The van der Waals surface area contributed by atoms with Gasteiger partial charge in [0.2, 0.25) is 0 Å². The number of carbonyl (C=O) groups is 1. The Hall–Kier alpha value is -1.17. The SMILES string of the molecule is CC(OCC1CCCCO1)C(=O)Nc1ccc(Cl)cn1. The van der Waals surface area contributed by atoms with Gasteiger partial charge in [0.15, 0.2) is 0 Å². The second kappa shape index (κ2) is 7.57. The van der Waals surface area contributed by atoms with Gasteiger partial charge in [-0.25, -0.2) is 4.98 Å². The summed E-state index contributed by atoms with van der Waals surface area (Å²) >= 11 is 5.73. The Morgan fingerprint density at radius 3 is 3.10 bits per heavy atom. The molecule has 2 rings (SSSR count). The molecule has 0 radical (unpaired) electrons. The molecule has 1 aliphatic heterocycles. The van der Waals surface area contributed by atoms with Crippen molar-refractivity contribution in [1.82, 2.24) is 4.98 Å². The Balaban J connectivity index is 1.75. The lowest BCUT2D eigenvalue weighted by molar-refractivity contribution is -0.130. The topological polar surface area (TPSA) is 60.5 Å². The minimum Gasteiger partial charge on any atom is -0.376 e. The fraction of sp³-hybridized carbons (Fsp3) is 0.571. The van der Waals surface area contributed by atoms with Gasteiger partial charge in [-0.15, -0.1) is 0 Å². The van der Waals surface area contributed by atoms with E-state index in [1.54, 1.807) is 19.1 Å². The highest BCUT2D eigenvalue weighted by molar-refractivity contribution is 6.30. The fourth-order valence-electron chi connectivity index (χ4n) is 1.94. The molecule has 1 N–H and O–H groups in total. The van der Waals surface area contributed by atoms with Crippen molar-refractivity contribution in [2.45, 2.75) is 38.4 Å². The van der Waals surface area contributed by atoms with E-state index in [1.807, 2.05) is 0 Å². The minimum absolute atomic E-state index is 0.104. The first-order valence-electron chi connectivity index (χ1n) is 6.81. The van der Waals surface area contributed by atoms with Crippen molar-refractivity contribution >= 4 is 23.3 Å². The molecule has 20 heavy (non-hydrogen) atoms. The molecule has 0 aromatic carbocycles. The van der Waals surface area contributed by atoms with Crippen LogP contribution in [0.4, 0.5) is 5.82 Å². The van der Waals surface area contributed by atoms with Gasteiger partial charge in [0.25, 0.3) is 5.91 Å². The maximum Gasteiger partial charge on any atom is 0.254 e. The largest absolute Gasteiger partial charge is 0.376 e. The van der Waals surface area contributed by atoms with Crippen molar-refractivity contribution in [3.8, 4) is 0 Å². The van der Waals surface area contributed by atoms with Crippen LogP contribution in [0.15, 0.2) is 18.3 Å². The van der Waals surface area contributed by atoms with Gasteiger partial charge in [0, 0.05) is 12.8 Å². The quantitative estimate of drug-likeness (QED) is 0.908. The molecular weight excluding hydrogens is 280 g/mol. The van der Waals surface area contributed by atoms with Crippen LogP contribution in [0.25, 0.3) is 0 Å². The van der Waals surface area contributed by atoms with E-state index >= 15 is 0 Å². The van der Waals surface area contributed by atoms with E-state index in [4.69, 9.17) is 21.1 Å². The third kappa shape index (κ3) is 4.74. The summed E-state index contributed by atoms with van der Waals surface area (Å²) in [7, 11) is 0. The molecule has 5 nitrogen and oxygen atoms in total. The molecule has 0 saturated carbocycles. The number of ether oxygens (including phenoxy) is 2. The van der Waals surface area contributed by atoms with E-state index in [0.717, 1.165) is 25.9 Å². The van der Waals surface area contributed by atoms with Crippen LogP contribution in [0.1, 0.15) is 26.2 Å². The van der Waals surface area contributed by atoms with E-state index in [2.05, 4.69) is 10.3 Å². The standard InChI is InChI=1S/C14H19ClN2O3/c1-10(20-9-12-4-2-3-7-19-12)14(18)17-13-6-5-11(15)8-16-13/h5-6,8,10,12H,2-4,7,9H2,1H3,(H,16,17,18). The van der Waals surface area contributed by atoms with E-state index in [1.165, 1.54) is 6.20 Å². The molecule has 1 aromatic heterocycles. The molecule has 1 saturated heterocycles. The smallest absolute Gasteiger partial charge is 0.254 e. The second-order valence-electron chi connectivity index (χ2n) is 4.82. The van der Waals surface area contributed by atoms with Crippen molar-refractivity contribution in [3.05, 3.63) is 23.4 Å². The molecule has 2 unspecified atom stereocenters. The number of aromatic nitrogens is 1. The van der Waals surface area contributed by atoms with E-state index in [9.17, 15) is 4.79 Å². The average Bonchev–Trinajstić information content (AvgIpc) is 2.48. The van der Waals surface area contributed by atoms with Crippen LogP contribution >= 0.6 is 11.6 Å². The molecule has 2 atom stereocenters. The maximum atomic E-state index is 11.9. The molecule has 1 amide bonds. The molecule has 0 spiro atoms. The third-order valence-corrected chi connectivity index (χ3v) is 3.38. The van der Waals surface area contributed by atoms with Gasteiger partial charge < -0.3 is 14.8 Å². The van der Waals surface area contributed by atoms with Crippen molar-refractivity contribution in [3.63, 3.8) is 0 Å². The highest BCUT2D eigenvalue weighted by atomic mass is 35.5. The van der Waals surface area contributed by atoms with Crippen molar-refractivity contribution < 1.29 is 14.3 Å². The lowest BCUT2D eigenvalue weighted by Gasteiger charge is -2.23. The molecular formula is C14H19ClN2O3. The molecule has 1 aliphatic rings. The van der Waals surface area contributed by atoms with Gasteiger partial charge in [-0.2, -0.15) is 0 Å². The van der Waals surface area contributed by atoms with Crippen LogP contribution in [0.5, 0.6) is 0 Å². The Morgan fingerprint density at radius 2 is 2.45 bits per heavy atom. The van der Waals surface area contributed by atoms with Gasteiger partial charge >= 0.3 is 0 Å². The number of halogens is 1. The summed E-state index contributed by atoms with van der Waals surface area (Å²) in [4.78, 5) is 15.9. The predicted octanol–water partition coefficient (Wildman–Crippen LogP) is 2.65. The number of nitrogens with zero attached hydrogens (tertiary/aromatic N) is 1. The number of anilines is 1. The molecule has 2 heterocycles. The van der Waals surface area contributed by atoms with Gasteiger partial charge in [0.05, 0.1) is 17.7 Å². The number of carbonyl (C=O) groups excluding carboxylic acids is 1. The zero-order valence-corrected chi connectivity index (χ0v) is 12.2. The van der Waals surface area contributed by atoms with E-state index in [-0.39, 0.29) is 12.0 Å². The zero-order chi connectivity index (χ0) is 14.4. The van der Waals surface area contributed by atoms with Crippen molar-refractivity contribution in [1.29, 1.82) is 0 Å². The van der Waals surface area contributed by atoms with Crippen LogP contribution in [-0.2, 0) is 14.3 Å². The molecule has 0 aliphatic carbocycles. The number of pyridine rings is 1. The number of hydrogen-bond donors (Lipinski definition) is 1. The summed E-state index contributed by atoms with van der Waals surface area (Å²) in [5.41, 5.74) is 0. The maximum absolute atomic E-state index is 11.9. The average molecular weight is 299 g/mol. The normalized spacial score (nSPS) is 20.4. The van der Waals surface area contributed by atoms with Crippen LogP contribution in [-0.4, -0.2) is 36.3 Å². The first-order valence-corrected chi connectivity index (χ1v) is 7.18. The van der Waals surface area contributed by atoms with Crippen LogP contribution < -0.4 is 5.32 Å². The van der Waals surface area contributed by atoms with Gasteiger partial charge in [-0.3, -0.25) is 4.79 Å². The molecule has 6 heteroatoms. The Morgan fingerprint density at radius 1 is 1.60 bits per heavy atom. The summed E-state index contributed by atoms with van der Waals surface area (Å²) in [6.07, 6.45) is 4.30. The van der Waals surface area contributed by atoms with Crippen LogP contribution in [0, 0.1) is 0 Å². The van der Waals surface area contributed by atoms with Gasteiger partial charge in [0.1, 0.15) is 11.9 Å². The zero-order valence-electron chi connectivity index (χ0n) is 11.5. The lowest BCUT2D eigenvalue weighted by atomic mass is 10.1. The summed E-state index contributed by atoms with van der Waals surface area (Å²) in [5, 5.41) is 3.21. The number of nitrogens with one attached hydrogen (secondary N) is 1. The summed E-state index contributed by atoms with van der Waals surface area (Å²) < 4.78 is 11.1. The van der Waals surface area contributed by atoms with Crippen LogP contribution in [0.3, 0.4) is 0 Å². The summed E-state index contributed by atoms with van der Waals surface area (Å²) in [6, 6.07) is 3.32. The molecule has 110 valence electrons. The lowest BCUT2D eigenvalue weighted by Crippen LogP contribution is -2.32. The van der Waals surface area contributed by atoms with Gasteiger partial charge in [-0.1, -0.05) is 11.6 Å². The monoisotopic (exact) mass is 298 g/mol. The first-order chi connectivity index (χ1) is 9.65. The molecule has 0 bridgehead atoms. The Bertz CT molecular complexity index is 433. The molecule has 1 fully saturated rings. The fourth-order valence-corrected chi connectivity index (χ4v) is 2.06. The van der Waals surface area contributed by atoms with E-state index < -0.39 is 6.10 Å². The second-order valence-corrected chi connectivity index (χ2v) is 5.25. The Kier molecular flexibility index (Phi) is 5.76. The number of amides is 1. The van der Waals surface area contributed by atoms with Gasteiger partial charge in [-0.05, 0) is 38.3 Å². The third-order valence-electron chi connectivity index (χ3n) is 3.15. The summed E-state index contributed by atoms with van der Waals surface area (Å²) in [5.74, 6) is 0.236. The van der Waals surface area contributed by atoms with Crippen molar-refractivity contribution in [2.24, 2.45) is 0 Å². The Labute approximate surface area is 123 Å². The van der Waals surface area contributed by atoms with E-state index in [0.29, 0.717) is 17.4 Å².